The molecule has 0 atom stereocenters. The van der Waals surface area contributed by atoms with E-state index in [0.29, 0.717) is 12.1 Å². The van der Waals surface area contributed by atoms with Crippen LogP contribution < -0.4 is 16.6 Å². The van der Waals surface area contributed by atoms with Crippen LogP contribution >= 0.6 is 0 Å². The quantitative estimate of drug-likeness (QED) is 0.306. The van der Waals surface area contributed by atoms with Gasteiger partial charge in [0, 0.05) is 5.69 Å². The molecule has 7 nitrogen and oxygen atoms in total. The fraction of sp³-hybridized carbons (Fsp3) is 0.273. The highest BCUT2D eigenvalue weighted by molar-refractivity contribution is 7.91. The summed E-state index contributed by atoms with van der Waals surface area (Å²) in [4.78, 5) is 22.3. The van der Waals surface area contributed by atoms with Gasteiger partial charge in [-0.2, -0.15) is 0 Å². The van der Waals surface area contributed by atoms with Gasteiger partial charge in [-0.1, -0.05) is 6.92 Å². The van der Waals surface area contributed by atoms with E-state index in [9.17, 15) is 18.0 Å². The molecule has 0 heterocycles. The lowest BCUT2D eigenvalue weighted by atomic mass is 10.3. The number of anilines is 1. The summed E-state index contributed by atoms with van der Waals surface area (Å²) in [6.45, 7) is 1.78. The number of hydrazine groups is 1. The monoisotopic (exact) mass is 285 g/mol. The Morgan fingerprint density at radius 2 is 1.74 bits per heavy atom. The van der Waals surface area contributed by atoms with Crippen molar-refractivity contribution in [1.82, 2.24) is 5.43 Å². The van der Waals surface area contributed by atoms with Crippen LogP contribution in [0.15, 0.2) is 29.2 Å². The Balaban J connectivity index is 2.83. The van der Waals surface area contributed by atoms with Crippen LogP contribution in [0.25, 0.3) is 0 Å². The second-order valence-electron chi connectivity index (χ2n) is 3.77. The van der Waals surface area contributed by atoms with E-state index in [4.69, 9.17) is 5.84 Å². The third-order valence-electron chi connectivity index (χ3n) is 2.28. The molecule has 0 aliphatic carbocycles. The maximum Gasteiger partial charge on any atom is 0.323 e. The highest BCUT2D eigenvalue weighted by Crippen LogP contribution is 2.15. The molecule has 8 heteroatoms. The zero-order valence-electron chi connectivity index (χ0n) is 10.3. The van der Waals surface area contributed by atoms with Crippen LogP contribution in [0.5, 0.6) is 0 Å². The second-order valence-corrected chi connectivity index (χ2v) is 5.88. The first-order valence-electron chi connectivity index (χ1n) is 5.55. The summed E-state index contributed by atoms with van der Waals surface area (Å²) in [7, 11) is -3.29. The first kappa shape index (κ1) is 15.1. The van der Waals surface area contributed by atoms with E-state index in [2.05, 4.69) is 5.32 Å². The molecule has 4 N–H and O–H groups in total. The molecule has 0 saturated carbocycles. The molecule has 0 fully saturated rings. The molecule has 1 aromatic carbocycles. The molecule has 19 heavy (non-hydrogen) atoms. The Kier molecular flexibility index (Phi) is 5.02. The normalized spacial score (nSPS) is 10.8. The fourth-order valence-corrected chi connectivity index (χ4v) is 2.71. The van der Waals surface area contributed by atoms with Crippen LogP contribution in [0.2, 0.25) is 0 Å². The van der Waals surface area contributed by atoms with Crippen LogP contribution in [0.1, 0.15) is 13.3 Å². The van der Waals surface area contributed by atoms with E-state index >= 15 is 0 Å². The smallest absolute Gasteiger partial charge is 0.318 e. The highest BCUT2D eigenvalue weighted by Gasteiger charge is 2.14. The van der Waals surface area contributed by atoms with Crippen molar-refractivity contribution in [2.24, 2.45) is 5.84 Å². The van der Waals surface area contributed by atoms with Crippen molar-refractivity contribution in [3.8, 4) is 0 Å². The molecule has 2 amide bonds. The molecular weight excluding hydrogens is 270 g/mol. The van der Waals surface area contributed by atoms with Gasteiger partial charge < -0.3 is 5.32 Å². The van der Waals surface area contributed by atoms with Crippen LogP contribution in [0.3, 0.4) is 0 Å². The van der Waals surface area contributed by atoms with Gasteiger partial charge in [-0.05, 0) is 30.7 Å². The van der Waals surface area contributed by atoms with Crippen molar-refractivity contribution >= 4 is 27.3 Å². The maximum atomic E-state index is 11.8. The molecule has 0 bridgehead atoms. The standard InChI is InChI=1S/C11H15N3O4S/c1-2-7-19(17,18)9-5-3-8(4-6-9)13-10(15)11(16)14-12/h3-6H,2,7,12H2,1H3,(H,13,15)(H,14,16). The lowest BCUT2D eigenvalue weighted by molar-refractivity contribution is -0.136. The third kappa shape index (κ3) is 4.04. The van der Waals surface area contributed by atoms with Crippen molar-refractivity contribution in [2.45, 2.75) is 18.2 Å². The molecule has 1 aromatic rings. The molecule has 104 valence electrons. The molecule has 0 aliphatic heterocycles. The lowest BCUT2D eigenvalue weighted by Crippen LogP contribution is -2.39. The van der Waals surface area contributed by atoms with Gasteiger partial charge >= 0.3 is 11.8 Å². The van der Waals surface area contributed by atoms with Crippen molar-refractivity contribution in [2.75, 3.05) is 11.1 Å². The largest absolute Gasteiger partial charge is 0.323 e. The van der Waals surface area contributed by atoms with Gasteiger partial charge in [0.05, 0.1) is 10.6 Å². The maximum absolute atomic E-state index is 11.8. The van der Waals surface area contributed by atoms with Crippen molar-refractivity contribution in [3.63, 3.8) is 0 Å². The molecule has 1 rings (SSSR count). The van der Waals surface area contributed by atoms with Crippen molar-refractivity contribution in [1.29, 1.82) is 0 Å². The number of carbonyl (C=O) groups is 2. The zero-order chi connectivity index (χ0) is 14.5. The first-order chi connectivity index (χ1) is 8.90. The predicted molar refractivity (Wildman–Crippen MR) is 69.7 cm³/mol. The third-order valence-corrected chi connectivity index (χ3v) is 4.22. The summed E-state index contributed by atoms with van der Waals surface area (Å²) in [5.41, 5.74) is 2.00. The molecular formula is C11H15N3O4S. The Labute approximate surface area is 111 Å². The average molecular weight is 285 g/mol. The summed E-state index contributed by atoms with van der Waals surface area (Å²) < 4.78 is 23.5. The minimum atomic E-state index is -3.29. The number of benzene rings is 1. The number of nitrogens with one attached hydrogen (secondary N) is 2. The van der Waals surface area contributed by atoms with Crippen LogP contribution in [-0.2, 0) is 19.4 Å². The van der Waals surface area contributed by atoms with Gasteiger partial charge in [0.1, 0.15) is 0 Å². The molecule has 0 radical (unpaired) electrons. The van der Waals surface area contributed by atoms with E-state index < -0.39 is 21.7 Å². The molecule has 0 spiro atoms. The fourth-order valence-electron chi connectivity index (χ4n) is 1.39. The topological polar surface area (TPSA) is 118 Å². The first-order valence-corrected chi connectivity index (χ1v) is 7.20. The summed E-state index contributed by atoms with van der Waals surface area (Å²) in [5.74, 6) is 2.96. The number of sulfone groups is 1. The molecule has 0 saturated heterocycles. The summed E-state index contributed by atoms with van der Waals surface area (Å²) in [6, 6.07) is 5.57. The van der Waals surface area contributed by atoms with Gasteiger partial charge in [0.15, 0.2) is 9.84 Å². The van der Waals surface area contributed by atoms with E-state index in [1.54, 1.807) is 12.3 Å². The van der Waals surface area contributed by atoms with Gasteiger partial charge in [-0.25, -0.2) is 14.3 Å². The Morgan fingerprint density at radius 1 is 1.16 bits per heavy atom. The van der Waals surface area contributed by atoms with E-state index in [0.717, 1.165) is 0 Å². The van der Waals surface area contributed by atoms with E-state index in [-0.39, 0.29) is 10.6 Å². The molecule has 0 aliphatic rings. The van der Waals surface area contributed by atoms with Gasteiger partial charge in [-0.15, -0.1) is 0 Å². The molecule has 0 aromatic heterocycles. The zero-order valence-corrected chi connectivity index (χ0v) is 11.2. The summed E-state index contributed by atoms with van der Waals surface area (Å²) in [5, 5.41) is 2.28. The SMILES string of the molecule is CCCS(=O)(=O)c1ccc(NC(=O)C(=O)NN)cc1. The Hall–Kier alpha value is -1.93. The minimum Gasteiger partial charge on any atom is -0.318 e. The number of hydrogen-bond donors (Lipinski definition) is 3. The highest BCUT2D eigenvalue weighted by atomic mass is 32.2. The summed E-state index contributed by atoms with van der Waals surface area (Å²) >= 11 is 0. The van der Waals surface area contributed by atoms with Crippen molar-refractivity contribution < 1.29 is 18.0 Å². The Bertz CT molecular complexity index is 566. The summed E-state index contributed by atoms with van der Waals surface area (Å²) in [6.07, 6.45) is 0.525. The number of hydrogen-bond acceptors (Lipinski definition) is 5. The molecule has 0 unspecified atom stereocenters. The predicted octanol–water partition coefficient (Wildman–Crippen LogP) is -0.201. The number of nitrogens with two attached hydrogens (primary N) is 1. The Morgan fingerprint density at radius 3 is 2.21 bits per heavy atom. The average Bonchev–Trinajstić information content (AvgIpc) is 2.38. The van der Waals surface area contributed by atoms with Gasteiger partial charge in [-0.3, -0.25) is 15.0 Å². The van der Waals surface area contributed by atoms with E-state index in [1.165, 1.54) is 24.3 Å². The lowest BCUT2D eigenvalue weighted by Gasteiger charge is -2.06. The second kappa shape index (κ2) is 6.30. The van der Waals surface area contributed by atoms with Gasteiger partial charge in [0.2, 0.25) is 0 Å². The van der Waals surface area contributed by atoms with Crippen molar-refractivity contribution in [3.05, 3.63) is 24.3 Å². The van der Waals surface area contributed by atoms with Gasteiger partial charge in [0.25, 0.3) is 0 Å². The number of carbonyl (C=O) groups excluding carboxylic acids is 2. The minimum absolute atomic E-state index is 0.0638. The van der Waals surface area contributed by atoms with Crippen LogP contribution in [0, 0.1) is 0 Å². The number of rotatable bonds is 4. The van der Waals surface area contributed by atoms with Crippen LogP contribution in [0.4, 0.5) is 5.69 Å². The van der Waals surface area contributed by atoms with E-state index in [1.807, 2.05) is 0 Å². The number of amides is 2. The van der Waals surface area contributed by atoms with Crippen LogP contribution in [-0.4, -0.2) is 26.0 Å².